The molecule has 0 heterocycles. The molecule has 2 amide bonds. The summed E-state index contributed by atoms with van der Waals surface area (Å²) >= 11 is 0. The van der Waals surface area contributed by atoms with Crippen molar-refractivity contribution in [1.29, 1.82) is 0 Å². The molecule has 0 spiro atoms. The lowest BCUT2D eigenvalue weighted by Crippen LogP contribution is -2.73. The van der Waals surface area contributed by atoms with E-state index in [1.165, 1.54) is 5.01 Å². The Labute approximate surface area is 248 Å². The van der Waals surface area contributed by atoms with Crippen LogP contribution < -0.4 is 16.1 Å². The van der Waals surface area contributed by atoms with Gasteiger partial charge in [0.1, 0.15) is 18.2 Å². The first-order chi connectivity index (χ1) is 20.0. The van der Waals surface area contributed by atoms with Crippen molar-refractivity contribution in [3.8, 4) is 0 Å². The number of carboxylic acid groups (broad SMARTS) is 2. The highest BCUT2D eigenvalue weighted by Gasteiger charge is 2.49. The van der Waals surface area contributed by atoms with E-state index in [1.807, 2.05) is 74.5 Å². The molecular formula is C32H46N4O6. The molecule has 0 aliphatic carbocycles. The molecule has 0 fully saturated rings. The summed E-state index contributed by atoms with van der Waals surface area (Å²) < 4.78 is 0. The van der Waals surface area contributed by atoms with Crippen LogP contribution in [0.2, 0.25) is 0 Å². The molecule has 10 nitrogen and oxygen atoms in total. The van der Waals surface area contributed by atoms with Gasteiger partial charge in [-0.05, 0) is 48.8 Å². The van der Waals surface area contributed by atoms with Gasteiger partial charge in [0.2, 0.25) is 0 Å². The van der Waals surface area contributed by atoms with Crippen molar-refractivity contribution in [3.63, 3.8) is 0 Å². The van der Waals surface area contributed by atoms with Gasteiger partial charge in [0.15, 0.2) is 0 Å². The van der Waals surface area contributed by atoms with Gasteiger partial charge in [-0.15, -0.1) is 0 Å². The second-order valence-corrected chi connectivity index (χ2v) is 11.4. The Morgan fingerprint density at radius 3 is 1.90 bits per heavy atom. The van der Waals surface area contributed by atoms with Gasteiger partial charge in [0, 0.05) is 12.3 Å². The summed E-state index contributed by atoms with van der Waals surface area (Å²) in [5.41, 5.74) is 2.62. The highest BCUT2D eigenvalue weighted by atomic mass is 16.4. The zero-order valence-corrected chi connectivity index (χ0v) is 25.0. The van der Waals surface area contributed by atoms with E-state index in [9.17, 15) is 29.4 Å². The SMILES string of the molecule is CC(C)C(C=O)NCCCC[C@@H](Cc1ccccc1)C(Cc1ccccc1)(NC(=O)O)N(NC(=O)O)[C@H](C=O)C(C)C. The number of aldehydes is 2. The summed E-state index contributed by atoms with van der Waals surface area (Å²) in [6.45, 7) is 8.12. The fourth-order valence-electron chi connectivity index (χ4n) is 5.42. The Balaban J connectivity index is 2.65. The molecule has 0 aliphatic rings. The topological polar surface area (TPSA) is 148 Å². The van der Waals surface area contributed by atoms with Gasteiger partial charge in [-0.1, -0.05) is 94.8 Å². The molecule has 0 saturated carbocycles. The third kappa shape index (κ3) is 10.3. The first-order valence-corrected chi connectivity index (χ1v) is 14.6. The minimum absolute atomic E-state index is 0.105. The summed E-state index contributed by atoms with van der Waals surface area (Å²) in [4.78, 5) is 48.6. The van der Waals surface area contributed by atoms with E-state index in [0.29, 0.717) is 38.5 Å². The Morgan fingerprint density at radius 2 is 1.43 bits per heavy atom. The number of benzene rings is 2. The zero-order chi connectivity index (χ0) is 31.1. The normalized spacial score (nSPS) is 15.0. The Bertz CT molecular complexity index is 1110. The van der Waals surface area contributed by atoms with Gasteiger partial charge in [0.05, 0.1) is 12.1 Å². The van der Waals surface area contributed by atoms with Crippen LogP contribution in [0, 0.1) is 17.8 Å². The second kappa shape index (κ2) is 17.3. The summed E-state index contributed by atoms with van der Waals surface area (Å²) in [6, 6.07) is 17.6. The molecule has 230 valence electrons. The number of carbonyl (C=O) groups is 4. The fourth-order valence-corrected chi connectivity index (χ4v) is 5.42. The number of carbonyl (C=O) groups excluding carboxylic acids is 2. The average Bonchev–Trinajstić information content (AvgIpc) is 2.94. The molecule has 0 aromatic heterocycles. The van der Waals surface area contributed by atoms with E-state index in [-0.39, 0.29) is 24.3 Å². The lowest BCUT2D eigenvalue weighted by molar-refractivity contribution is -0.125. The molecule has 5 N–H and O–H groups in total. The molecule has 2 rings (SSSR count). The number of hydrogen-bond donors (Lipinski definition) is 5. The smallest absolute Gasteiger partial charge is 0.419 e. The number of nitrogens with one attached hydrogen (secondary N) is 3. The van der Waals surface area contributed by atoms with E-state index >= 15 is 0 Å². The molecule has 10 heteroatoms. The lowest BCUT2D eigenvalue weighted by Gasteiger charge is -2.51. The minimum Gasteiger partial charge on any atom is -0.465 e. The van der Waals surface area contributed by atoms with Crippen molar-refractivity contribution in [1.82, 2.24) is 21.1 Å². The first kappa shape index (κ1) is 34.4. The van der Waals surface area contributed by atoms with Crippen molar-refractivity contribution < 1.29 is 29.4 Å². The zero-order valence-electron chi connectivity index (χ0n) is 25.0. The highest BCUT2D eigenvalue weighted by molar-refractivity contribution is 5.68. The van der Waals surface area contributed by atoms with Crippen LogP contribution in [0.25, 0.3) is 0 Å². The third-order valence-electron chi connectivity index (χ3n) is 7.63. The van der Waals surface area contributed by atoms with Gasteiger partial charge < -0.3 is 30.4 Å². The molecule has 0 bridgehead atoms. The van der Waals surface area contributed by atoms with Crippen LogP contribution in [0.1, 0.15) is 58.1 Å². The molecular weight excluding hydrogens is 536 g/mol. The predicted octanol–water partition coefficient (Wildman–Crippen LogP) is 4.74. The molecule has 0 radical (unpaired) electrons. The van der Waals surface area contributed by atoms with Gasteiger partial charge >= 0.3 is 12.2 Å². The summed E-state index contributed by atoms with van der Waals surface area (Å²) in [5, 5.41) is 27.4. The van der Waals surface area contributed by atoms with Crippen LogP contribution in [-0.2, 0) is 22.4 Å². The molecule has 2 aromatic carbocycles. The second-order valence-electron chi connectivity index (χ2n) is 11.4. The summed E-state index contributed by atoms with van der Waals surface area (Å²) in [6.07, 6.45) is 1.26. The van der Waals surface area contributed by atoms with Crippen molar-refractivity contribution >= 4 is 24.8 Å². The van der Waals surface area contributed by atoms with Crippen LogP contribution in [0.5, 0.6) is 0 Å². The van der Waals surface area contributed by atoms with E-state index < -0.39 is 29.8 Å². The molecule has 42 heavy (non-hydrogen) atoms. The van der Waals surface area contributed by atoms with Crippen molar-refractivity contribution in [2.75, 3.05) is 6.54 Å². The molecule has 2 unspecified atom stereocenters. The minimum atomic E-state index is -1.53. The summed E-state index contributed by atoms with van der Waals surface area (Å²) in [7, 11) is 0. The average molecular weight is 583 g/mol. The van der Waals surface area contributed by atoms with E-state index in [0.717, 1.165) is 17.4 Å². The molecule has 0 saturated heterocycles. The van der Waals surface area contributed by atoms with Crippen LogP contribution >= 0.6 is 0 Å². The molecule has 4 atom stereocenters. The van der Waals surface area contributed by atoms with Gasteiger partial charge in [-0.2, -0.15) is 5.01 Å². The van der Waals surface area contributed by atoms with Crippen molar-refractivity contribution in [2.45, 2.75) is 77.5 Å². The maximum Gasteiger partial charge on any atom is 0.419 e. The standard InChI is InChI=1S/C32H46N4O6/c1-23(2)28(21-37)33-18-12-11-17-27(19-25-13-7-5-8-14-25)32(34-30(39)40,20-26-15-9-6-10-16-26)36(35-31(41)42)29(22-38)24(3)4/h5-10,13-16,21-24,27-29,33-35H,11-12,17-20H2,1-4H3,(H,39,40)(H,41,42)/t27-,28?,29+,32?/m0/s1. The van der Waals surface area contributed by atoms with Gasteiger partial charge in [-0.25, -0.2) is 9.59 Å². The largest absolute Gasteiger partial charge is 0.465 e. The third-order valence-corrected chi connectivity index (χ3v) is 7.63. The van der Waals surface area contributed by atoms with Crippen LogP contribution in [0.15, 0.2) is 60.7 Å². The number of hydrazine groups is 1. The van der Waals surface area contributed by atoms with Crippen molar-refractivity contribution in [3.05, 3.63) is 71.8 Å². The lowest BCUT2D eigenvalue weighted by atomic mass is 9.77. The highest BCUT2D eigenvalue weighted by Crippen LogP contribution is 2.35. The van der Waals surface area contributed by atoms with Gasteiger partial charge in [0.25, 0.3) is 0 Å². The number of nitrogens with zero attached hydrogens (tertiary/aromatic N) is 1. The Kier molecular flexibility index (Phi) is 14.1. The van der Waals surface area contributed by atoms with Crippen LogP contribution in [0.3, 0.4) is 0 Å². The monoisotopic (exact) mass is 582 g/mol. The molecule has 2 aromatic rings. The van der Waals surface area contributed by atoms with E-state index in [1.54, 1.807) is 13.8 Å². The number of unbranched alkanes of at least 4 members (excludes halogenated alkanes) is 1. The quantitative estimate of drug-likeness (QED) is 0.0690. The Morgan fingerprint density at radius 1 is 0.833 bits per heavy atom. The molecule has 0 aliphatic heterocycles. The maximum absolute atomic E-state index is 12.5. The van der Waals surface area contributed by atoms with E-state index in [2.05, 4.69) is 16.1 Å². The fraction of sp³-hybridized carbons (Fsp3) is 0.500. The van der Waals surface area contributed by atoms with E-state index in [4.69, 9.17) is 0 Å². The van der Waals surface area contributed by atoms with Crippen LogP contribution in [0.4, 0.5) is 9.59 Å². The van der Waals surface area contributed by atoms with Crippen LogP contribution in [-0.4, -0.2) is 64.3 Å². The summed E-state index contributed by atoms with van der Waals surface area (Å²) in [5.74, 6) is -0.646. The number of rotatable bonds is 19. The van der Waals surface area contributed by atoms with Gasteiger partial charge in [-0.3, -0.25) is 5.43 Å². The number of hydrogen-bond acceptors (Lipinski definition) is 6. The maximum atomic E-state index is 12.5. The number of amides is 2. The Hall–Kier alpha value is -3.76. The van der Waals surface area contributed by atoms with Crippen molar-refractivity contribution in [2.24, 2.45) is 17.8 Å². The first-order valence-electron chi connectivity index (χ1n) is 14.6. The predicted molar refractivity (Wildman–Crippen MR) is 162 cm³/mol.